The molecule has 1 aromatic heterocycles. The number of carbonyl (C=O) groups excluding carboxylic acids is 2. The molecule has 0 aliphatic carbocycles. The number of carboxylic acids is 1. The molecule has 1 aliphatic rings. The molecule has 0 atom stereocenters. The van der Waals surface area contributed by atoms with Gasteiger partial charge < -0.3 is 15.3 Å². The maximum absolute atomic E-state index is 12.3. The Morgan fingerprint density at radius 2 is 2.10 bits per heavy atom. The number of nitrogens with zero attached hydrogens (tertiary/aromatic N) is 2. The van der Waals surface area contributed by atoms with Crippen LogP contribution in [-0.2, 0) is 9.59 Å². The Morgan fingerprint density at radius 1 is 1.43 bits per heavy atom. The van der Waals surface area contributed by atoms with Gasteiger partial charge in [-0.25, -0.2) is 4.98 Å². The minimum absolute atomic E-state index is 0.136. The van der Waals surface area contributed by atoms with Crippen LogP contribution in [0.25, 0.3) is 0 Å². The van der Waals surface area contributed by atoms with Gasteiger partial charge in [0, 0.05) is 31.8 Å². The Morgan fingerprint density at radius 3 is 2.67 bits per heavy atom. The highest BCUT2D eigenvalue weighted by molar-refractivity contribution is 7.14. The minimum Gasteiger partial charge on any atom is -0.481 e. The van der Waals surface area contributed by atoms with Crippen molar-refractivity contribution in [1.29, 1.82) is 0 Å². The third kappa shape index (κ3) is 4.25. The van der Waals surface area contributed by atoms with Gasteiger partial charge in [0.1, 0.15) is 5.69 Å². The number of rotatable bonds is 4. The van der Waals surface area contributed by atoms with Crippen molar-refractivity contribution in [2.45, 2.75) is 26.2 Å². The summed E-state index contributed by atoms with van der Waals surface area (Å²) in [5.74, 6) is -1.05. The van der Waals surface area contributed by atoms with E-state index in [9.17, 15) is 14.4 Å². The van der Waals surface area contributed by atoms with E-state index in [1.165, 1.54) is 18.3 Å². The zero-order valence-corrected chi connectivity index (χ0v) is 12.5. The van der Waals surface area contributed by atoms with E-state index in [0.29, 0.717) is 36.8 Å². The lowest BCUT2D eigenvalue weighted by molar-refractivity contribution is -0.138. The van der Waals surface area contributed by atoms with Crippen molar-refractivity contribution < 1.29 is 19.5 Å². The van der Waals surface area contributed by atoms with Crippen molar-refractivity contribution in [3.63, 3.8) is 0 Å². The number of amides is 2. The molecular formula is C13H17N3O4S. The van der Waals surface area contributed by atoms with Crippen molar-refractivity contribution in [3.05, 3.63) is 11.1 Å². The highest BCUT2D eigenvalue weighted by Crippen LogP contribution is 2.23. The molecule has 2 N–H and O–H groups in total. The first-order valence-electron chi connectivity index (χ1n) is 6.70. The maximum Gasteiger partial charge on any atom is 0.303 e. The van der Waals surface area contributed by atoms with E-state index >= 15 is 0 Å². The number of anilines is 1. The molecule has 8 heteroatoms. The topological polar surface area (TPSA) is 99.6 Å². The molecule has 0 bridgehead atoms. The molecule has 1 saturated heterocycles. The second kappa shape index (κ2) is 6.66. The minimum atomic E-state index is -0.792. The second-order valence-corrected chi connectivity index (χ2v) is 5.91. The van der Waals surface area contributed by atoms with Crippen LogP contribution in [0.2, 0.25) is 0 Å². The molecule has 21 heavy (non-hydrogen) atoms. The quantitative estimate of drug-likeness (QED) is 0.876. The fraction of sp³-hybridized carbons (Fsp3) is 0.538. The average molecular weight is 311 g/mol. The third-order valence-corrected chi connectivity index (χ3v) is 4.13. The van der Waals surface area contributed by atoms with Crippen LogP contribution < -0.4 is 5.32 Å². The van der Waals surface area contributed by atoms with E-state index in [1.807, 2.05) is 0 Å². The fourth-order valence-corrected chi connectivity index (χ4v) is 3.06. The molecule has 1 aliphatic heterocycles. The highest BCUT2D eigenvalue weighted by Gasteiger charge is 2.26. The summed E-state index contributed by atoms with van der Waals surface area (Å²) < 4.78 is 0. The summed E-state index contributed by atoms with van der Waals surface area (Å²) in [7, 11) is 0. The van der Waals surface area contributed by atoms with Gasteiger partial charge in [-0.05, 0) is 18.8 Å². The molecule has 114 valence electrons. The summed E-state index contributed by atoms with van der Waals surface area (Å²) >= 11 is 1.21. The molecule has 0 radical (unpaired) electrons. The molecular weight excluding hydrogens is 294 g/mol. The van der Waals surface area contributed by atoms with E-state index in [0.717, 1.165) is 0 Å². The van der Waals surface area contributed by atoms with Gasteiger partial charge in [0.15, 0.2) is 5.13 Å². The maximum atomic E-state index is 12.3. The summed E-state index contributed by atoms with van der Waals surface area (Å²) in [6.07, 6.45) is 1.55. The normalized spacial score (nSPS) is 15.8. The number of hydrogen-bond acceptors (Lipinski definition) is 5. The number of carboxylic acid groups (broad SMARTS) is 1. The van der Waals surface area contributed by atoms with E-state index in [2.05, 4.69) is 10.3 Å². The zero-order valence-electron chi connectivity index (χ0n) is 11.7. The number of piperidine rings is 1. The molecule has 0 saturated carbocycles. The van der Waals surface area contributed by atoms with Crippen LogP contribution >= 0.6 is 11.3 Å². The lowest BCUT2D eigenvalue weighted by Crippen LogP contribution is -2.39. The first kappa shape index (κ1) is 15.4. The molecule has 2 amide bonds. The average Bonchev–Trinajstić information content (AvgIpc) is 2.85. The van der Waals surface area contributed by atoms with Crippen LogP contribution in [0.4, 0.5) is 5.13 Å². The molecule has 1 fully saturated rings. The van der Waals surface area contributed by atoms with Crippen LogP contribution in [0, 0.1) is 5.92 Å². The van der Waals surface area contributed by atoms with Crippen LogP contribution in [-0.4, -0.2) is 45.9 Å². The van der Waals surface area contributed by atoms with Crippen molar-refractivity contribution >= 4 is 34.3 Å². The highest BCUT2D eigenvalue weighted by atomic mass is 32.1. The summed E-state index contributed by atoms with van der Waals surface area (Å²) in [5, 5.41) is 13.3. The van der Waals surface area contributed by atoms with Gasteiger partial charge in [-0.15, -0.1) is 11.3 Å². The third-order valence-electron chi connectivity index (χ3n) is 3.37. The van der Waals surface area contributed by atoms with E-state index < -0.39 is 5.97 Å². The van der Waals surface area contributed by atoms with Gasteiger partial charge in [-0.1, -0.05) is 0 Å². The number of likely N-dealkylation sites (tertiary alicyclic amines) is 1. The predicted molar refractivity (Wildman–Crippen MR) is 77.3 cm³/mol. The molecule has 2 rings (SSSR count). The van der Waals surface area contributed by atoms with Crippen molar-refractivity contribution in [3.8, 4) is 0 Å². The SMILES string of the molecule is CC(=O)Nc1nc(C(=O)N2CCC(CC(=O)O)CC2)cs1. The van der Waals surface area contributed by atoms with Crippen LogP contribution in [0.3, 0.4) is 0 Å². The summed E-state index contributed by atoms with van der Waals surface area (Å²) in [4.78, 5) is 39.7. The summed E-state index contributed by atoms with van der Waals surface area (Å²) in [6.45, 7) is 2.48. The summed E-state index contributed by atoms with van der Waals surface area (Å²) in [5.41, 5.74) is 0.320. The smallest absolute Gasteiger partial charge is 0.303 e. The molecule has 0 unspecified atom stereocenters. The van der Waals surface area contributed by atoms with E-state index in [1.54, 1.807) is 10.3 Å². The number of aromatic nitrogens is 1. The zero-order chi connectivity index (χ0) is 15.4. The van der Waals surface area contributed by atoms with Gasteiger partial charge in [0.05, 0.1) is 0 Å². The molecule has 0 aromatic carbocycles. The Balaban J connectivity index is 1.91. The number of carbonyl (C=O) groups is 3. The van der Waals surface area contributed by atoms with Gasteiger partial charge in [-0.2, -0.15) is 0 Å². The van der Waals surface area contributed by atoms with Crippen molar-refractivity contribution in [1.82, 2.24) is 9.88 Å². The first-order chi connectivity index (χ1) is 9.95. The fourth-order valence-electron chi connectivity index (χ4n) is 2.33. The Kier molecular flexibility index (Phi) is 4.89. The molecule has 0 spiro atoms. The monoisotopic (exact) mass is 311 g/mol. The number of hydrogen-bond donors (Lipinski definition) is 2. The predicted octanol–water partition coefficient (Wildman–Crippen LogP) is 1.43. The number of nitrogens with one attached hydrogen (secondary N) is 1. The second-order valence-electron chi connectivity index (χ2n) is 5.05. The molecule has 2 heterocycles. The van der Waals surface area contributed by atoms with Crippen LogP contribution in [0.1, 0.15) is 36.7 Å². The van der Waals surface area contributed by atoms with E-state index in [-0.39, 0.29) is 24.2 Å². The standard InChI is InChI=1S/C13H17N3O4S/c1-8(17)14-13-15-10(7-21-13)12(20)16-4-2-9(3-5-16)6-11(18)19/h7,9H,2-6H2,1H3,(H,18,19)(H,14,15,17). The largest absolute Gasteiger partial charge is 0.481 e. The Labute approximate surface area is 126 Å². The van der Waals surface area contributed by atoms with Gasteiger partial charge >= 0.3 is 5.97 Å². The van der Waals surface area contributed by atoms with Crippen LogP contribution in [0.5, 0.6) is 0 Å². The van der Waals surface area contributed by atoms with Crippen LogP contribution in [0.15, 0.2) is 5.38 Å². The number of thiazole rings is 1. The number of aliphatic carboxylic acids is 1. The van der Waals surface area contributed by atoms with Crippen molar-refractivity contribution in [2.24, 2.45) is 5.92 Å². The van der Waals surface area contributed by atoms with Crippen molar-refractivity contribution in [2.75, 3.05) is 18.4 Å². The van der Waals surface area contributed by atoms with E-state index in [4.69, 9.17) is 5.11 Å². The lowest BCUT2D eigenvalue weighted by Gasteiger charge is -2.30. The summed E-state index contributed by atoms with van der Waals surface area (Å²) in [6, 6.07) is 0. The van der Waals surface area contributed by atoms with Gasteiger partial charge in [0.2, 0.25) is 5.91 Å². The first-order valence-corrected chi connectivity index (χ1v) is 7.58. The Hall–Kier alpha value is -1.96. The molecule has 7 nitrogen and oxygen atoms in total. The van der Waals surface area contributed by atoms with Gasteiger partial charge in [0.25, 0.3) is 5.91 Å². The Bertz CT molecular complexity index is 549. The van der Waals surface area contributed by atoms with Gasteiger partial charge in [-0.3, -0.25) is 14.4 Å². The molecule has 1 aromatic rings. The lowest BCUT2D eigenvalue weighted by atomic mass is 9.93.